The summed E-state index contributed by atoms with van der Waals surface area (Å²) < 4.78 is 11.0. The second-order valence-electron chi connectivity index (χ2n) is 2.20. The highest BCUT2D eigenvalue weighted by atomic mass is 80.0. The number of halogens is 3. The van der Waals surface area contributed by atoms with E-state index in [2.05, 4.69) is 59.5 Å². The van der Waals surface area contributed by atoms with Crippen LogP contribution in [0.1, 0.15) is 0 Å². The SMILES string of the molecule is C=CCSP(=O)(NC(=O)C(Br)(Br)Br)SC. The van der Waals surface area contributed by atoms with Gasteiger partial charge in [0.15, 0.2) is 0 Å². The summed E-state index contributed by atoms with van der Waals surface area (Å²) in [5.74, 6) is 0.0925. The first kappa shape index (κ1) is 16.6. The Kier molecular flexibility index (Phi) is 7.86. The fourth-order valence-corrected chi connectivity index (χ4v) is 5.89. The normalized spacial score (nSPS) is 15.5. The molecule has 88 valence electrons. The number of hydrogen-bond donors (Lipinski definition) is 1. The second-order valence-corrected chi connectivity index (χ2v) is 16.8. The zero-order valence-corrected chi connectivity index (χ0v) is 15.0. The molecule has 3 nitrogen and oxygen atoms in total. The van der Waals surface area contributed by atoms with Crippen LogP contribution in [0.15, 0.2) is 12.7 Å². The number of alkyl halides is 3. The Hall–Kier alpha value is 1.58. The summed E-state index contributed by atoms with van der Waals surface area (Å²) in [5.41, 5.74) is -2.80. The van der Waals surface area contributed by atoms with Crippen LogP contribution in [-0.2, 0) is 9.36 Å². The van der Waals surface area contributed by atoms with Gasteiger partial charge in [0.1, 0.15) is 0 Å². The maximum absolute atomic E-state index is 12.1. The van der Waals surface area contributed by atoms with Gasteiger partial charge in [0.2, 0.25) is 2.14 Å². The van der Waals surface area contributed by atoms with Crippen LogP contribution in [0.25, 0.3) is 0 Å². The Morgan fingerprint density at radius 3 is 2.47 bits per heavy atom. The number of hydrogen-bond acceptors (Lipinski definition) is 4. The zero-order chi connectivity index (χ0) is 12.1. The first-order chi connectivity index (χ1) is 6.75. The molecule has 0 heterocycles. The third kappa shape index (κ3) is 6.78. The summed E-state index contributed by atoms with van der Waals surface area (Å²) in [6.07, 6.45) is 3.33. The molecular weight excluding hydrogens is 453 g/mol. The van der Waals surface area contributed by atoms with Crippen molar-refractivity contribution in [1.82, 2.24) is 5.09 Å². The van der Waals surface area contributed by atoms with Gasteiger partial charge in [-0.3, -0.25) is 14.4 Å². The summed E-state index contributed by atoms with van der Waals surface area (Å²) >= 11 is 11.5. The van der Waals surface area contributed by atoms with Crippen molar-refractivity contribution in [3.8, 4) is 0 Å². The molecule has 15 heavy (non-hydrogen) atoms. The van der Waals surface area contributed by atoms with Crippen LogP contribution in [0.3, 0.4) is 0 Å². The van der Waals surface area contributed by atoms with E-state index in [4.69, 9.17) is 0 Å². The fourth-order valence-electron chi connectivity index (χ4n) is 0.469. The summed E-state index contributed by atoms with van der Waals surface area (Å²) in [6, 6.07) is 0. The first-order valence-corrected chi connectivity index (χ1v) is 11.1. The molecule has 1 unspecified atom stereocenters. The fraction of sp³-hybridized carbons (Fsp3) is 0.500. The van der Waals surface area contributed by atoms with E-state index in [0.717, 1.165) is 11.4 Å². The van der Waals surface area contributed by atoms with Crippen LogP contribution in [0, 0.1) is 0 Å². The lowest BCUT2D eigenvalue weighted by Gasteiger charge is -2.19. The van der Waals surface area contributed by atoms with Crippen LogP contribution < -0.4 is 5.09 Å². The van der Waals surface area contributed by atoms with E-state index in [0.29, 0.717) is 5.75 Å². The van der Waals surface area contributed by atoms with Gasteiger partial charge in [-0.1, -0.05) is 28.8 Å². The lowest BCUT2D eigenvalue weighted by Crippen LogP contribution is -2.29. The lowest BCUT2D eigenvalue weighted by molar-refractivity contribution is -0.117. The minimum absolute atomic E-state index is 0.434. The molecule has 1 amide bonds. The van der Waals surface area contributed by atoms with Gasteiger partial charge < -0.3 is 0 Å². The Bertz CT molecular complexity index is 295. The largest absolute Gasteiger partial charge is 0.288 e. The van der Waals surface area contributed by atoms with E-state index in [-0.39, 0.29) is 0 Å². The Morgan fingerprint density at radius 2 is 2.13 bits per heavy atom. The van der Waals surface area contributed by atoms with Crippen molar-refractivity contribution in [2.45, 2.75) is 2.14 Å². The smallest absolute Gasteiger partial charge is 0.280 e. The molecule has 1 N–H and O–H groups in total. The molecule has 0 aromatic rings. The lowest BCUT2D eigenvalue weighted by atomic mass is 10.8. The van der Waals surface area contributed by atoms with Crippen molar-refractivity contribution >= 4 is 82.2 Å². The molecule has 0 aromatic carbocycles. The number of nitrogens with one attached hydrogen (secondary N) is 1. The molecule has 0 radical (unpaired) electrons. The maximum atomic E-state index is 12.1. The minimum Gasteiger partial charge on any atom is -0.288 e. The van der Waals surface area contributed by atoms with Gasteiger partial charge in [-0.15, -0.1) is 6.58 Å². The van der Waals surface area contributed by atoms with Crippen LogP contribution in [0.5, 0.6) is 0 Å². The van der Waals surface area contributed by atoms with E-state index in [9.17, 15) is 9.36 Å². The number of amides is 1. The van der Waals surface area contributed by atoms with Gasteiger partial charge in [-0.2, -0.15) is 0 Å². The van der Waals surface area contributed by atoms with Crippen LogP contribution >= 0.6 is 76.2 Å². The van der Waals surface area contributed by atoms with Gasteiger partial charge in [-0.05, 0) is 54.0 Å². The molecule has 0 aromatic heterocycles. The highest BCUT2D eigenvalue weighted by Gasteiger charge is 2.34. The average molecular weight is 462 g/mol. The predicted octanol–water partition coefficient (Wildman–Crippen LogP) is 4.33. The summed E-state index contributed by atoms with van der Waals surface area (Å²) in [5, 5.41) is 2.47. The summed E-state index contributed by atoms with van der Waals surface area (Å²) in [6.45, 7) is 3.53. The van der Waals surface area contributed by atoms with E-state index in [1.807, 2.05) is 0 Å². The number of carbonyl (C=O) groups is 1. The number of carbonyl (C=O) groups excluding carboxylic acids is 1. The molecular formula is C6H9Br3NO2PS2. The minimum atomic E-state index is -2.80. The molecule has 0 spiro atoms. The van der Waals surface area contributed by atoms with E-state index >= 15 is 0 Å². The molecule has 0 saturated carbocycles. The van der Waals surface area contributed by atoms with Gasteiger partial charge in [-0.25, -0.2) is 0 Å². The van der Waals surface area contributed by atoms with E-state index < -0.39 is 13.7 Å². The third-order valence-electron chi connectivity index (χ3n) is 1.10. The Balaban J connectivity index is 4.51. The van der Waals surface area contributed by atoms with Gasteiger partial charge >= 0.3 is 0 Å². The molecule has 0 saturated heterocycles. The van der Waals surface area contributed by atoms with Crippen LogP contribution in [0.4, 0.5) is 0 Å². The highest BCUT2D eigenvalue weighted by molar-refractivity contribution is 9.40. The standard InChI is InChI=1S/C6H9Br3NO2PS2/c1-3-4-15-13(12,14-2)10-5(11)6(7,8)9/h3H,1,4H2,2H3,(H,10,11,12). The molecule has 0 bridgehead atoms. The summed E-state index contributed by atoms with van der Waals surface area (Å²) in [4.78, 5) is 11.5. The van der Waals surface area contributed by atoms with Gasteiger partial charge in [0.05, 0.1) is 0 Å². The maximum Gasteiger partial charge on any atom is 0.280 e. The van der Waals surface area contributed by atoms with Crippen LogP contribution in [0.2, 0.25) is 0 Å². The Labute approximate surface area is 122 Å². The molecule has 0 aliphatic carbocycles. The molecule has 0 rings (SSSR count). The van der Waals surface area contributed by atoms with Crippen molar-refractivity contribution < 1.29 is 9.36 Å². The van der Waals surface area contributed by atoms with Crippen LogP contribution in [-0.4, -0.2) is 20.1 Å². The summed E-state index contributed by atoms with van der Waals surface area (Å²) in [7, 11) is 0. The molecule has 0 aliphatic rings. The zero-order valence-electron chi connectivity index (χ0n) is 7.71. The van der Waals surface area contributed by atoms with Crippen molar-refractivity contribution in [3.63, 3.8) is 0 Å². The monoisotopic (exact) mass is 459 g/mol. The van der Waals surface area contributed by atoms with Crippen molar-refractivity contribution in [1.29, 1.82) is 0 Å². The quantitative estimate of drug-likeness (QED) is 0.376. The van der Waals surface area contributed by atoms with Crippen molar-refractivity contribution in [2.75, 3.05) is 12.0 Å². The molecule has 0 fully saturated rings. The van der Waals surface area contributed by atoms with E-state index in [1.165, 1.54) is 11.4 Å². The number of rotatable bonds is 5. The molecule has 1 atom stereocenters. The first-order valence-electron chi connectivity index (χ1n) is 3.56. The van der Waals surface area contributed by atoms with Crippen molar-refractivity contribution in [2.24, 2.45) is 0 Å². The Morgan fingerprint density at radius 1 is 1.60 bits per heavy atom. The molecule has 9 heteroatoms. The van der Waals surface area contributed by atoms with E-state index in [1.54, 1.807) is 12.3 Å². The van der Waals surface area contributed by atoms with Gasteiger partial charge in [0.25, 0.3) is 11.6 Å². The molecule has 0 aliphatic heterocycles. The second kappa shape index (κ2) is 7.11. The average Bonchev–Trinajstić information content (AvgIpc) is 2.13. The third-order valence-corrected chi connectivity index (χ3v) is 9.61. The van der Waals surface area contributed by atoms with Crippen molar-refractivity contribution in [3.05, 3.63) is 12.7 Å². The highest BCUT2D eigenvalue weighted by Crippen LogP contribution is 2.65. The van der Waals surface area contributed by atoms with Gasteiger partial charge in [0, 0.05) is 5.75 Å². The predicted molar refractivity (Wildman–Crippen MR) is 81.4 cm³/mol. The topological polar surface area (TPSA) is 46.2 Å².